The molecule has 0 amide bonds. The highest BCUT2D eigenvalue weighted by Crippen LogP contribution is 2.44. The molecular weight excluding hydrogens is 258 g/mol. The van der Waals surface area contributed by atoms with Gasteiger partial charge in [0.2, 0.25) is 0 Å². The monoisotopic (exact) mass is 277 g/mol. The van der Waals surface area contributed by atoms with Gasteiger partial charge in [-0.3, -0.25) is 0 Å². The van der Waals surface area contributed by atoms with E-state index in [-0.39, 0.29) is 23.8 Å². The van der Waals surface area contributed by atoms with Crippen LogP contribution in [0.15, 0.2) is 0 Å². The summed E-state index contributed by atoms with van der Waals surface area (Å²) in [6.07, 6.45) is 2.39. The number of aromatic nitrogens is 1. The maximum absolute atomic E-state index is 12.1. The molecule has 1 aromatic rings. The predicted molar refractivity (Wildman–Crippen MR) is 73.2 cm³/mol. The summed E-state index contributed by atoms with van der Waals surface area (Å²) in [5.41, 5.74) is 2.30. The number of esters is 1. The molecule has 1 N–H and O–H groups in total. The van der Waals surface area contributed by atoms with Gasteiger partial charge in [0.25, 0.3) is 0 Å². The fourth-order valence-corrected chi connectivity index (χ4v) is 2.49. The molecule has 2 rings (SSSR count). The molecule has 0 saturated heterocycles. The minimum absolute atomic E-state index is 0.123. The van der Waals surface area contributed by atoms with E-state index < -0.39 is 11.9 Å². The Hall–Kier alpha value is -1.91. The number of nitrogens with zero attached hydrogens (tertiary/aromatic N) is 1. The summed E-state index contributed by atoms with van der Waals surface area (Å²) in [7, 11) is 0. The van der Waals surface area contributed by atoms with E-state index in [0.717, 1.165) is 12.8 Å². The quantitative estimate of drug-likeness (QED) is 0.837. The van der Waals surface area contributed by atoms with E-state index in [1.165, 1.54) is 0 Å². The van der Waals surface area contributed by atoms with Gasteiger partial charge in [-0.25, -0.2) is 14.6 Å². The molecule has 5 heteroatoms. The van der Waals surface area contributed by atoms with Crippen molar-refractivity contribution in [2.75, 3.05) is 6.61 Å². The second kappa shape index (κ2) is 5.61. The highest BCUT2D eigenvalue weighted by Gasteiger charge is 2.35. The van der Waals surface area contributed by atoms with Crippen molar-refractivity contribution in [3.05, 3.63) is 28.1 Å². The molecule has 1 fully saturated rings. The lowest BCUT2D eigenvalue weighted by Gasteiger charge is -2.15. The summed E-state index contributed by atoms with van der Waals surface area (Å²) in [5, 5.41) is 9.50. The van der Waals surface area contributed by atoms with Crippen LogP contribution in [-0.4, -0.2) is 28.6 Å². The van der Waals surface area contributed by atoms with E-state index in [2.05, 4.69) is 4.98 Å². The van der Waals surface area contributed by atoms with E-state index in [1.54, 1.807) is 13.8 Å². The lowest BCUT2D eigenvalue weighted by Crippen LogP contribution is -2.18. The van der Waals surface area contributed by atoms with Crippen LogP contribution in [0.2, 0.25) is 0 Å². The molecule has 1 heterocycles. The molecular formula is C15H19NO4. The third-order valence-corrected chi connectivity index (χ3v) is 3.58. The lowest BCUT2D eigenvalue weighted by atomic mass is 9.95. The largest absolute Gasteiger partial charge is 0.478 e. The number of aromatic carboxylic acids is 1. The Labute approximate surface area is 118 Å². The summed E-state index contributed by atoms with van der Waals surface area (Å²) >= 11 is 0. The Morgan fingerprint density at radius 1 is 1.35 bits per heavy atom. The summed E-state index contributed by atoms with van der Waals surface area (Å²) in [5.74, 6) is -1.39. The topological polar surface area (TPSA) is 76.5 Å². The molecule has 0 aliphatic heterocycles. The molecule has 0 aromatic carbocycles. The molecule has 0 unspecified atom stereocenters. The number of rotatable bonds is 5. The molecule has 1 saturated carbocycles. The van der Waals surface area contributed by atoms with Gasteiger partial charge < -0.3 is 9.84 Å². The van der Waals surface area contributed by atoms with Crippen molar-refractivity contribution in [1.82, 2.24) is 4.98 Å². The summed E-state index contributed by atoms with van der Waals surface area (Å²) in [6, 6.07) is 0. The van der Waals surface area contributed by atoms with Crippen molar-refractivity contribution in [3.8, 4) is 0 Å². The Balaban J connectivity index is 2.68. The number of carboxylic acids is 1. The standard InChI is InChI=1S/C15H19NO4/c1-4-10-8(3)11(14(17)18)12(9-6-7-9)13(16-10)15(19)20-5-2/h9H,4-7H2,1-3H3,(H,17,18). The number of carboxylic acid groups (broad SMARTS) is 1. The van der Waals surface area contributed by atoms with Crippen LogP contribution < -0.4 is 0 Å². The van der Waals surface area contributed by atoms with Crippen molar-refractivity contribution in [2.45, 2.75) is 46.0 Å². The van der Waals surface area contributed by atoms with E-state index in [9.17, 15) is 14.7 Å². The number of hydrogen-bond acceptors (Lipinski definition) is 4. The molecule has 0 bridgehead atoms. The first-order valence-corrected chi connectivity index (χ1v) is 6.94. The fraction of sp³-hybridized carbons (Fsp3) is 0.533. The number of pyridine rings is 1. The minimum atomic E-state index is -0.993. The molecule has 1 aliphatic carbocycles. The molecule has 20 heavy (non-hydrogen) atoms. The number of aryl methyl sites for hydroxylation is 1. The Bertz CT molecular complexity index is 561. The van der Waals surface area contributed by atoms with Gasteiger partial charge in [0.05, 0.1) is 12.2 Å². The van der Waals surface area contributed by atoms with Crippen LogP contribution in [0.3, 0.4) is 0 Å². The van der Waals surface area contributed by atoms with Gasteiger partial charge >= 0.3 is 11.9 Å². The van der Waals surface area contributed by atoms with Crippen molar-refractivity contribution in [3.63, 3.8) is 0 Å². The van der Waals surface area contributed by atoms with Gasteiger partial charge in [0.1, 0.15) is 0 Å². The van der Waals surface area contributed by atoms with Crippen molar-refractivity contribution in [1.29, 1.82) is 0 Å². The lowest BCUT2D eigenvalue weighted by molar-refractivity contribution is 0.0517. The zero-order valence-electron chi connectivity index (χ0n) is 12.0. The van der Waals surface area contributed by atoms with Gasteiger partial charge in [-0.2, -0.15) is 0 Å². The van der Waals surface area contributed by atoms with Gasteiger partial charge in [0.15, 0.2) is 5.69 Å². The van der Waals surface area contributed by atoms with Gasteiger partial charge in [-0.15, -0.1) is 0 Å². The van der Waals surface area contributed by atoms with Crippen LogP contribution in [0.1, 0.15) is 70.3 Å². The zero-order chi connectivity index (χ0) is 14.9. The second-order valence-corrected chi connectivity index (χ2v) is 4.97. The zero-order valence-corrected chi connectivity index (χ0v) is 12.0. The highest BCUT2D eigenvalue weighted by atomic mass is 16.5. The average Bonchev–Trinajstić information content (AvgIpc) is 3.21. The van der Waals surface area contributed by atoms with E-state index in [0.29, 0.717) is 23.2 Å². The van der Waals surface area contributed by atoms with Crippen LogP contribution in [-0.2, 0) is 11.2 Å². The maximum atomic E-state index is 12.1. The van der Waals surface area contributed by atoms with Crippen LogP contribution in [0.4, 0.5) is 0 Å². The molecule has 0 spiro atoms. The Morgan fingerprint density at radius 3 is 2.45 bits per heavy atom. The molecule has 1 aromatic heterocycles. The maximum Gasteiger partial charge on any atom is 0.357 e. The van der Waals surface area contributed by atoms with E-state index in [1.807, 2.05) is 6.92 Å². The third-order valence-electron chi connectivity index (χ3n) is 3.58. The normalized spacial score (nSPS) is 14.2. The molecule has 0 radical (unpaired) electrons. The highest BCUT2D eigenvalue weighted by molar-refractivity contribution is 5.98. The molecule has 0 atom stereocenters. The molecule has 5 nitrogen and oxygen atoms in total. The molecule has 108 valence electrons. The molecule has 1 aliphatic rings. The Morgan fingerprint density at radius 2 is 2.00 bits per heavy atom. The number of ether oxygens (including phenoxy) is 1. The van der Waals surface area contributed by atoms with Crippen molar-refractivity contribution < 1.29 is 19.4 Å². The smallest absolute Gasteiger partial charge is 0.357 e. The van der Waals surface area contributed by atoms with Crippen LogP contribution >= 0.6 is 0 Å². The predicted octanol–water partition coefficient (Wildman–Crippen LogP) is 2.70. The Kier molecular flexibility index (Phi) is 4.06. The number of carbonyl (C=O) groups is 2. The number of hydrogen-bond donors (Lipinski definition) is 1. The van der Waals surface area contributed by atoms with E-state index >= 15 is 0 Å². The second-order valence-electron chi connectivity index (χ2n) is 4.97. The van der Waals surface area contributed by atoms with Gasteiger partial charge in [-0.1, -0.05) is 6.92 Å². The summed E-state index contributed by atoms with van der Waals surface area (Å²) in [4.78, 5) is 28.0. The fourth-order valence-electron chi connectivity index (χ4n) is 2.49. The first-order valence-electron chi connectivity index (χ1n) is 6.94. The van der Waals surface area contributed by atoms with Crippen LogP contribution in [0.25, 0.3) is 0 Å². The van der Waals surface area contributed by atoms with Crippen LogP contribution in [0, 0.1) is 6.92 Å². The van der Waals surface area contributed by atoms with Crippen molar-refractivity contribution >= 4 is 11.9 Å². The van der Waals surface area contributed by atoms with Crippen LogP contribution in [0.5, 0.6) is 0 Å². The van der Waals surface area contributed by atoms with Gasteiger partial charge in [0, 0.05) is 11.3 Å². The van der Waals surface area contributed by atoms with E-state index in [4.69, 9.17) is 4.74 Å². The summed E-state index contributed by atoms with van der Waals surface area (Å²) < 4.78 is 5.03. The van der Waals surface area contributed by atoms with Gasteiger partial charge in [-0.05, 0) is 44.6 Å². The van der Waals surface area contributed by atoms with Crippen molar-refractivity contribution in [2.24, 2.45) is 0 Å². The summed E-state index contributed by atoms with van der Waals surface area (Å²) in [6.45, 7) is 5.63. The average molecular weight is 277 g/mol. The first kappa shape index (κ1) is 14.5. The first-order chi connectivity index (χ1) is 9.51. The minimum Gasteiger partial charge on any atom is -0.478 e. The third kappa shape index (κ3) is 2.53. The number of carbonyl (C=O) groups excluding carboxylic acids is 1. The SMILES string of the molecule is CCOC(=O)c1nc(CC)c(C)c(C(=O)O)c1C1CC1.